The summed E-state index contributed by atoms with van der Waals surface area (Å²) in [6, 6.07) is 15.8. The summed E-state index contributed by atoms with van der Waals surface area (Å²) >= 11 is 4.75. The van der Waals surface area contributed by atoms with E-state index in [-0.39, 0.29) is 5.91 Å². The van der Waals surface area contributed by atoms with Crippen LogP contribution in [0, 0.1) is 0 Å². The molecule has 104 valence electrons. The van der Waals surface area contributed by atoms with E-state index >= 15 is 0 Å². The van der Waals surface area contributed by atoms with Gasteiger partial charge in [0.1, 0.15) is 4.88 Å². The van der Waals surface area contributed by atoms with Crippen LogP contribution in [0.15, 0.2) is 64.7 Å². The summed E-state index contributed by atoms with van der Waals surface area (Å²) in [5, 5.41) is 2.95. The number of amides is 1. The SMILES string of the molecule is O=C(Nc1ccccc1-c1ccc(Br)cc1)c1cncs1. The summed E-state index contributed by atoms with van der Waals surface area (Å²) in [6.07, 6.45) is 1.57. The van der Waals surface area contributed by atoms with Crippen molar-refractivity contribution in [2.75, 3.05) is 5.32 Å². The number of anilines is 1. The van der Waals surface area contributed by atoms with Gasteiger partial charge in [-0.15, -0.1) is 11.3 Å². The molecule has 1 heterocycles. The molecule has 3 nitrogen and oxygen atoms in total. The highest BCUT2D eigenvalue weighted by atomic mass is 79.9. The number of thiazole rings is 1. The lowest BCUT2D eigenvalue weighted by molar-refractivity contribution is 0.103. The molecule has 0 saturated carbocycles. The summed E-state index contributed by atoms with van der Waals surface area (Å²) in [4.78, 5) is 16.7. The zero-order chi connectivity index (χ0) is 14.7. The van der Waals surface area contributed by atoms with Crippen molar-refractivity contribution in [3.63, 3.8) is 0 Å². The molecular formula is C16H11BrN2OS. The van der Waals surface area contributed by atoms with Crippen LogP contribution >= 0.6 is 27.3 Å². The van der Waals surface area contributed by atoms with E-state index in [4.69, 9.17) is 0 Å². The smallest absolute Gasteiger partial charge is 0.267 e. The number of hydrogen-bond donors (Lipinski definition) is 1. The van der Waals surface area contributed by atoms with Gasteiger partial charge in [0.2, 0.25) is 0 Å². The first-order valence-corrected chi connectivity index (χ1v) is 7.96. The Morgan fingerprint density at radius 3 is 2.57 bits per heavy atom. The van der Waals surface area contributed by atoms with Crippen molar-refractivity contribution >= 4 is 38.9 Å². The third kappa shape index (κ3) is 3.20. The number of halogens is 1. The van der Waals surface area contributed by atoms with Crippen molar-refractivity contribution in [2.24, 2.45) is 0 Å². The maximum Gasteiger partial charge on any atom is 0.267 e. The first-order valence-electron chi connectivity index (χ1n) is 6.29. The monoisotopic (exact) mass is 358 g/mol. The molecule has 0 spiro atoms. The van der Waals surface area contributed by atoms with Crippen LogP contribution in [0.1, 0.15) is 9.67 Å². The van der Waals surface area contributed by atoms with Gasteiger partial charge in [-0.2, -0.15) is 0 Å². The zero-order valence-corrected chi connectivity index (χ0v) is 13.3. The lowest BCUT2D eigenvalue weighted by Crippen LogP contribution is -2.10. The van der Waals surface area contributed by atoms with Crippen molar-refractivity contribution in [1.29, 1.82) is 0 Å². The Morgan fingerprint density at radius 1 is 1.10 bits per heavy atom. The Labute approximate surface area is 134 Å². The second-order valence-corrected chi connectivity index (χ2v) is 6.17. The van der Waals surface area contributed by atoms with Crippen LogP contribution in [0.25, 0.3) is 11.1 Å². The Kier molecular flexibility index (Phi) is 4.13. The van der Waals surface area contributed by atoms with Crippen LogP contribution in [-0.4, -0.2) is 10.9 Å². The predicted molar refractivity (Wildman–Crippen MR) is 89.6 cm³/mol. The van der Waals surface area contributed by atoms with Gasteiger partial charge in [-0.05, 0) is 23.8 Å². The van der Waals surface area contributed by atoms with Gasteiger partial charge >= 0.3 is 0 Å². The maximum atomic E-state index is 12.2. The minimum atomic E-state index is -0.137. The van der Waals surface area contributed by atoms with E-state index in [1.165, 1.54) is 11.3 Å². The number of nitrogens with one attached hydrogen (secondary N) is 1. The number of aromatic nitrogens is 1. The highest BCUT2D eigenvalue weighted by Crippen LogP contribution is 2.29. The van der Waals surface area contributed by atoms with E-state index in [0.29, 0.717) is 4.88 Å². The lowest BCUT2D eigenvalue weighted by Gasteiger charge is -2.10. The summed E-state index contributed by atoms with van der Waals surface area (Å²) in [5.74, 6) is -0.137. The Hall–Kier alpha value is -1.98. The predicted octanol–water partition coefficient (Wildman–Crippen LogP) is 4.82. The highest BCUT2D eigenvalue weighted by molar-refractivity contribution is 9.10. The third-order valence-corrected chi connectivity index (χ3v) is 4.29. The van der Waals surface area contributed by atoms with Gasteiger partial charge in [0, 0.05) is 15.7 Å². The van der Waals surface area contributed by atoms with E-state index in [1.807, 2.05) is 48.5 Å². The quantitative estimate of drug-likeness (QED) is 0.728. The molecule has 0 unspecified atom stereocenters. The van der Waals surface area contributed by atoms with Gasteiger partial charge in [0.15, 0.2) is 0 Å². The second kappa shape index (κ2) is 6.20. The van der Waals surface area contributed by atoms with E-state index in [0.717, 1.165) is 21.3 Å². The maximum absolute atomic E-state index is 12.2. The van der Waals surface area contributed by atoms with Crippen LogP contribution in [0.5, 0.6) is 0 Å². The molecule has 0 atom stereocenters. The molecule has 0 aliphatic carbocycles. The van der Waals surface area contributed by atoms with Gasteiger partial charge in [0.25, 0.3) is 5.91 Å². The fourth-order valence-electron chi connectivity index (χ4n) is 1.99. The molecule has 3 aromatic rings. The molecule has 5 heteroatoms. The molecule has 0 radical (unpaired) electrons. The second-order valence-electron chi connectivity index (χ2n) is 4.37. The number of para-hydroxylation sites is 1. The average molecular weight is 359 g/mol. The Balaban J connectivity index is 1.93. The molecule has 0 saturated heterocycles. The number of nitrogens with zero attached hydrogens (tertiary/aromatic N) is 1. The molecule has 1 N–H and O–H groups in total. The highest BCUT2D eigenvalue weighted by Gasteiger charge is 2.11. The van der Waals surface area contributed by atoms with Gasteiger partial charge in [-0.3, -0.25) is 9.78 Å². The minimum absolute atomic E-state index is 0.137. The largest absolute Gasteiger partial charge is 0.321 e. The molecule has 1 amide bonds. The van der Waals surface area contributed by atoms with Crippen LogP contribution in [0.4, 0.5) is 5.69 Å². The van der Waals surface area contributed by atoms with Gasteiger partial charge in [-0.25, -0.2) is 0 Å². The molecule has 21 heavy (non-hydrogen) atoms. The summed E-state index contributed by atoms with van der Waals surface area (Å²) in [6.45, 7) is 0. The number of carbonyl (C=O) groups excluding carboxylic acids is 1. The number of carbonyl (C=O) groups is 1. The lowest BCUT2D eigenvalue weighted by atomic mass is 10.0. The zero-order valence-electron chi connectivity index (χ0n) is 10.9. The summed E-state index contributed by atoms with van der Waals surface area (Å²) in [7, 11) is 0. The molecule has 1 aromatic heterocycles. The minimum Gasteiger partial charge on any atom is -0.321 e. The fourth-order valence-corrected chi connectivity index (χ4v) is 2.76. The molecule has 0 aliphatic rings. The topological polar surface area (TPSA) is 42.0 Å². The van der Waals surface area contributed by atoms with Crippen LogP contribution < -0.4 is 5.32 Å². The molecular weight excluding hydrogens is 348 g/mol. The van der Waals surface area contributed by atoms with Gasteiger partial charge in [0.05, 0.1) is 11.7 Å². The van der Waals surface area contributed by atoms with E-state index in [2.05, 4.69) is 26.2 Å². The number of rotatable bonds is 3. The van der Waals surface area contributed by atoms with E-state index in [1.54, 1.807) is 11.7 Å². The van der Waals surface area contributed by atoms with Crippen molar-refractivity contribution in [2.45, 2.75) is 0 Å². The standard InChI is InChI=1S/C16H11BrN2OS/c17-12-7-5-11(6-8-12)13-3-1-2-4-14(13)19-16(20)15-9-18-10-21-15/h1-10H,(H,19,20). The van der Waals surface area contributed by atoms with Crippen molar-refractivity contribution in [3.8, 4) is 11.1 Å². The van der Waals surface area contributed by atoms with Gasteiger partial charge in [-0.1, -0.05) is 46.3 Å². The Morgan fingerprint density at radius 2 is 1.86 bits per heavy atom. The Bertz CT molecular complexity index is 754. The summed E-state index contributed by atoms with van der Waals surface area (Å²) in [5.41, 5.74) is 4.48. The van der Waals surface area contributed by atoms with Crippen molar-refractivity contribution in [1.82, 2.24) is 4.98 Å². The first kappa shape index (κ1) is 14.0. The van der Waals surface area contributed by atoms with Crippen molar-refractivity contribution in [3.05, 3.63) is 69.6 Å². The average Bonchev–Trinajstić information content (AvgIpc) is 3.03. The molecule has 3 rings (SSSR count). The number of hydrogen-bond acceptors (Lipinski definition) is 3. The van der Waals surface area contributed by atoms with E-state index < -0.39 is 0 Å². The van der Waals surface area contributed by atoms with Crippen LogP contribution in [-0.2, 0) is 0 Å². The first-order chi connectivity index (χ1) is 10.2. The van der Waals surface area contributed by atoms with Gasteiger partial charge < -0.3 is 5.32 Å². The molecule has 0 bridgehead atoms. The molecule has 2 aromatic carbocycles. The third-order valence-electron chi connectivity index (χ3n) is 2.99. The van der Waals surface area contributed by atoms with Crippen LogP contribution in [0.2, 0.25) is 0 Å². The van der Waals surface area contributed by atoms with E-state index in [9.17, 15) is 4.79 Å². The molecule has 0 fully saturated rings. The van der Waals surface area contributed by atoms with Crippen LogP contribution in [0.3, 0.4) is 0 Å². The van der Waals surface area contributed by atoms with Crippen molar-refractivity contribution < 1.29 is 4.79 Å². The normalized spacial score (nSPS) is 10.3. The summed E-state index contributed by atoms with van der Waals surface area (Å²) < 4.78 is 1.03. The molecule has 0 aliphatic heterocycles. The number of benzene rings is 2. The fraction of sp³-hybridized carbons (Fsp3) is 0.